The Balaban J connectivity index is 1.94. The highest BCUT2D eigenvalue weighted by atomic mass is 32.2. The molecule has 2 aliphatic rings. The summed E-state index contributed by atoms with van der Waals surface area (Å²) in [5.41, 5.74) is 0.457. The van der Waals surface area contributed by atoms with Gasteiger partial charge >= 0.3 is 0 Å². The van der Waals surface area contributed by atoms with E-state index < -0.39 is 10.0 Å². The number of nitrogens with zero attached hydrogens (tertiary/aromatic N) is 1. The van der Waals surface area contributed by atoms with Crippen molar-refractivity contribution in [1.82, 2.24) is 4.31 Å². The molecule has 1 heterocycles. The molecule has 0 bridgehead atoms. The summed E-state index contributed by atoms with van der Waals surface area (Å²) in [4.78, 5) is 11.8. The molecule has 0 N–H and O–H groups in total. The lowest BCUT2D eigenvalue weighted by atomic mass is 9.79. The van der Waals surface area contributed by atoms with Gasteiger partial charge in [-0.2, -0.15) is 4.31 Å². The zero-order chi connectivity index (χ0) is 15.7. The number of piperidine rings is 1. The quantitative estimate of drug-likeness (QED) is 0.803. The Bertz CT molecular complexity index is 666. The van der Waals surface area contributed by atoms with Crippen molar-refractivity contribution in [3.63, 3.8) is 0 Å². The van der Waals surface area contributed by atoms with Gasteiger partial charge in [-0.25, -0.2) is 8.42 Å². The molecular formula is C17H23NO3S. The average molecular weight is 321 g/mol. The molecule has 1 aliphatic carbocycles. The van der Waals surface area contributed by atoms with Crippen LogP contribution in [0.2, 0.25) is 0 Å². The molecule has 0 unspecified atom stereocenters. The van der Waals surface area contributed by atoms with Crippen molar-refractivity contribution < 1.29 is 13.2 Å². The highest BCUT2D eigenvalue weighted by Gasteiger charge is 2.39. The molecule has 0 radical (unpaired) electrons. The van der Waals surface area contributed by atoms with E-state index in [-0.39, 0.29) is 16.7 Å². The first-order valence-electron chi connectivity index (χ1n) is 8.13. The minimum absolute atomic E-state index is 0.105. The molecule has 2 fully saturated rings. The van der Waals surface area contributed by atoms with Crippen LogP contribution >= 0.6 is 0 Å². The minimum Gasteiger partial charge on any atom is -0.295 e. The van der Waals surface area contributed by atoms with Crippen LogP contribution in [0.3, 0.4) is 0 Å². The van der Waals surface area contributed by atoms with Gasteiger partial charge in [0.2, 0.25) is 10.0 Å². The molecule has 5 heteroatoms. The maximum atomic E-state index is 13.0. The molecule has 2 atom stereocenters. The summed E-state index contributed by atoms with van der Waals surface area (Å²) in [6.45, 7) is 2.07. The molecular weight excluding hydrogens is 298 g/mol. The summed E-state index contributed by atoms with van der Waals surface area (Å²) >= 11 is 0. The number of hydrogen-bond acceptors (Lipinski definition) is 3. The number of Topliss-reactive ketones (excluding diaryl/α,β-unsaturated/α-hetero) is 1. The Morgan fingerprint density at radius 1 is 1.14 bits per heavy atom. The van der Waals surface area contributed by atoms with Crippen LogP contribution in [0, 0.1) is 5.92 Å². The van der Waals surface area contributed by atoms with E-state index >= 15 is 0 Å². The Morgan fingerprint density at radius 3 is 2.64 bits per heavy atom. The van der Waals surface area contributed by atoms with E-state index in [0.29, 0.717) is 18.0 Å². The summed E-state index contributed by atoms with van der Waals surface area (Å²) in [6, 6.07) is 6.60. The molecule has 1 saturated carbocycles. The first-order valence-corrected chi connectivity index (χ1v) is 9.57. The average Bonchev–Trinajstić information content (AvgIpc) is 2.54. The Hall–Kier alpha value is -1.20. The zero-order valence-electron chi connectivity index (χ0n) is 13.0. The number of benzene rings is 1. The predicted octanol–water partition coefficient (Wildman–Crippen LogP) is 3.23. The monoisotopic (exact) mass is 321 g/mol. The maximum absolute atomic E-state index is 13.0. The van der Waals surface area contributed by atoms with Crippen LogP contribution in [-0.2, 0) is 10.0 Å². The van der Waals surface area contributed by atoms with Crippen molar-refractivity contribution in [2.24, 2.45) is 5.92 Å². The lowest BCUT2D eigenvalue weighted by Gasteiger charge is -2.43. The van der Waals surface area contributed by atoms with E-state index in [1.807, 2.05) is 0 Å². The molecule has 1 aromatic rings. The first kappa shape index (κ1) is 15.7. The van der Waals surface area contributed by atoms with Gasteiger partial charge in [0.05, 0.1) is 4.90 Å². The third-order valence-corrected chi connectivity index (χ3v) is 6.96. The molecule has 1 saturated heterocycles. The molecule has 4 nitrogen and oxygen atoms in total. The van der Waals surface area contributed by atoms with Gasteiger partial charge in [-0.05, 0) is 50.7 Å². The lowest BCUT2D eigenvalue weighted by Crippen LogP contribution is -2.49. The second-order valence-corrected chi connectivity index (χ2v) is 8.34. The van der Waals surface area contributed by atoms with Crippen LogP contribution < -0.4 is 0 Å². The second-order valence-electron chi connectivity index (χ2n) is 6.45. The lowest BCUT2D eigenvalue weighted by molar-refractivity contribution is 0.101. The van der Waals surface area contributed by atoms with E-state index in [1.54, 1.807) is 22.5 Å². The van der Waals surface area contributed by atoms with Crippen LogP contribution in [0.5, 0.6) is 0 Å². The van der Waals surface area contributed by atoms with E-state index in [2.05, 4.69) is 0 Å². The molecule has 1 aromatic carbocycles. The topological polar surface area (TPSA) is 54.5 Å². The van der Waals surface area contributed by atoms with E-state index in [4.69, 9.17) is 0 Å². The van der Waals surface area contributed by atoms with Crippen LogP contribution in [0.4, 0.5) is 0 Å². The fourth-order valence-electron chi connectivity index (χ4n) is 3.89. The summed E-state index contributed by atoms with van der Waals surface area (Å²) in [5, 5.41) is 0. The highest BCUT2D eigenvalue weighted by Crippen LogP contribution is 2.38. The Morgan fingerprint density at radius 2 is 1.86 bits per heavy atom. The number of fused-ring (bicyclic) bond motifs is 1. The van der Waals surface area contributed by atoms with Gasteiger partial charge in [-0.3, -0.25) is 4.79 Å². The predicted molar refractivity (Wildman–Crippen MR) is 85.3 cm³/mol. The highest BCUT2D eigenvalue weighted by molar-refractivity contribution is 7.89. The zero-order valence-corrected chi connectivity index (χ0v) is 13.8. The van der Waals surface area contributed by atoms with E-state index in [9.17, 15) is 13.2 Å². The molecule has 0 aromatic heterocycles. The van der Waals surface area contributed by atoms with Crippen LogP contribution in [0.15, 0.2) is 29.2 Å². The Labute approximate surface area is 132 Å². The fourth-order valence-corrected chi connectivity index (χ4v) is 5.69. The van der Waals surface area contributed by atoms with Gasteiger partial charge in [0.1, 0.15) is 0 Å². The van der Waals surface area contributed by atoms with Gasteiger partial charge in [-0.15, -0.1) is 0 Å². The van der Waals surface area contributed by atoms with Crippen molar-refractivity contribution in [2.75, 3.05) is 6.54 Å². The van der Waals surface area contributed by atoms with E-state index in [0.717, 1.165) is 32.1 Å². The first-order chi connectivity index (χ1) is 10.5. The summed E-state index contributed by atoms with van der Waals surface area (Å²) in [6.07, 6.45) is 6.52. The van der Waals surface area contributed by atoms with Crippen molar-refractivity contribution in [2.45, 2.75) is 56.4 Å². The summed E-state index contributed by atoms with van der Waals surface area (Å²) < 4.78 is 27.8. The largest absolute Gasteiger partial charge is 0.295 e. The van der Waals surface area contributed by atoms with Crippen molar-refractivity contribution in [3.8, 4) is 0 Å². The molecule has 22 heavy (non-hydrogen) atoms. The van der Waals surface area contributed by atoms with Crippen LogP contribution in [0.1, 0.15) is 55.8 Å². The number of rotatable bonds is 3. The molecule has 3 rings (SSSR count). The maximum Gasteiger partial charge on any atom is 0.243 e. The summed E-state index contributed by atoms with van der Waals surface area (Å²) in [5.74, 6) is 0.402. The van der Waals surface area contributed by atoms with Gasteiger partial charge in [-0.1, -0.05) is 25.0 Å². The van der Waals surface area contributed by atoms with E-state index in [1.165, 1.54) is 19.4 Å². The van der Waals surface area contributed by atoms with Crippen molar-refractivity contribution in [1.29, 1.82) is 0 Å². The van der Waals surface area contributed by atoms with Crippen molar-refractivity contribution in [3.05, 3.63) is 29.8 Å². The SMILES string of the molecule is CC(=O)c1cccc(S(=O)(=O)N2CCC[C@@H]3CCCC[C@@H]32)c1. The van der Waals surface area contributed by atoms with Gasteiger partial charge in [0.25, 0.3) is 0 Å². The van der Waals surface area contributed by atoms with Gasteiger partial charge in [0, 0.05) is 18.2 Å². The third-order valence-electron chi connectivity index (χ3n) is 5.04. The van der Waals surface area contributed by atoms with Gasteiger partial charge in [0.15, 0.2) is 5.78 Å². The third kappa shape index (κ3) is 2.84. The smallest absolute Gasteiger partial charge is 0.243 e. The minimum atomic E-state index is -3.51. The number of hydrogen-bond donors (Lipinski definition) is 0. The summed E-state index contributed by atoms with van der Waals surface area (Å²) in [7, 11) is -3.51. The number of carbonyl (C=O) groups is 1. The Kier molecular flexibility index (Phi) is 4.37. The normalized spacial score (nSPS) is 26.4. The van der Waals surface area contributed by atoms with Crippen LogP contribution in [-0.4, -0.2) is 31.1 Å². The number of carbonyl (C=O) groups excluding carboxylic acids is 1. The molecule has 0 amide bonds. The fraction of sp³-hybridized carbons (Fsp3) is 0.588. The van der Waals surface area contributed by atoms with Crippen molar-refractivity contribution >= 4 is 15.8 Å². The van der Waals surface area contributed by atoms with Gasteiger partial charge < -0.3 is 0 Å². The standard InChI is InChI=1S/C17H23NO3S/c1-13(19)15-7-4-9-16(12-15)22(20,21)18-11-5-8-14-6-2-3-10-17(14)18/h4,7,9,12,14,17H,2-3,5-6,8,10-11H2,1H3/t14-,17-/m0/s1. The molecule has 120 valence electrons. The van der Waals surface area contributed by atoms with Crippen LogP contribution in [0.25, 0.3) is 0 Å². The number of ketones is 1. The second kappa shape index (κ2) is 6.13. The molecule has 0 spiro atoms. The molecule has 1 aliphatic heterocycles. The number of sulfonamides is 1.